The van der Waals surface area contributed by atoms with Gasteiger partial charge in [-0.1, -0.05) is 57.2 Å². The van der Waals surface area contributed by atoms with Gasteiger partial charge in [-0.25, -0.2) is 0 Å². The minimum Gasteiger partial charge on any atom is -0.311 e. The molecule has 0 aliphatic carbocycles. The van der Waals surface area contributed by atoms with Crippen molar-refractivity contribution in [2.45, 2.75) is 46.1 Å². The van der Waals surface area contributed by atoms with Crippen molar-refractivity contribution in [1.82, 2.24) is 4.90 Å². The second kappa shape index (κ2) is 9.76. The molecule has 0 aliphatic rings. The average Bonchev–Trinajstić information content (AvgIpc) is 2.75. The molecule has 3 aromatic carbocycles. The quantitative estimate of drug-likeness (QED) is 0.401. The fraction of sp³-hybridized carbons (Fsp3) is 0.333. The Balaban J connectivity index is 1.99. The van der Waals surface area contributed by atoms with Crippen LogP contribution in [0.25, 0.3) is 0 Å². The van der Waals surface area contributed by atoms with Crippen molar-refractivity contribution in [2.75, 3.05) is 19.0 Å². The summed E-state index contributed by atoms with van der Waals surface area (Å²) in [6, 6.07) is 26.9. The number of nitrogens with zero attached hydrogens (tertiary/aromatic N) is 2. The molecule has 3 rings (SSSR count). The van der Waals surface area contributed by atoms with Crippen LogP contribution >= 0.6 is 0 Å². The lowest BCUT2D eigenvalue weighted by atomic mass is 9.98. The van der Waals surface area contributed by atoms with Crippen LogP contribution in [0.4, 0.5) is 17.1 Å². The molecular weight excluding hydrogens is 352 g/mol. The zero-order valence-corrected chi connectivity index (χ0v) is 18.5. The van der Waals surface area contributed by atoms with E-state index in [2.05, 4.69) is 117 Å². The molecule has 2 nitrogen and oxygen atoms in total. The van der Waals surface area contributed by atoms with E-state index in [0.717, 1.165) is 19.4 Å². The van der Waals surface area contributed by atoms with Crippen LogP contribution < -0.4 is 4.90 Å². The van der Waals surface area contributed by atoms with Gasteiger partial charge in [0, 0.05) is 23.6 Å². The van der Waals surface area contributed by atoms with Crippen molar-refractivity contribution in [2.24, 2.45) is 0 Å². The number of anilines is 3. The molecule has 0 fully saturated rings. The van der Waals surface area contributed by atoms with E-state index in [0.29, 0.717) is 5.92 Å². The summed E-state index contributed by atoms with van der Waals surface area (Å²) in [7, 11) is 4.21. The molecule has 0 aromatic heterocycles. The van der Waals surface area contributed by atoms with Crippen molar-refractivity contribution < 1.29 is 0 Å². The first-order valence-electron chi connectivity index (χ1n) is 10.7. The number of rotatable bonds is 8. The van der Waals surface area contributed by atoms with Gasteiger partial charge in [0.2, 0.25) is 0 Å². The van der Waals surface area contributed by atoms with E-state index in [1.807, 2.05) is 0 Å². The molecule has 1 unspecified atom stereocenters. The van der Waals surface area contributed by atoms with Gasteiger partial charge in [-0.15, -0.1) is 0 Å². The second-order valence-corrected chi connectivity index (χ2v) is 8.16. The standard InChI is InChI=1S/C27H34N2/c1-6-21(3)24-12-18-27(19-13-24)29(25-14-8-22(7-2)9-15-25)26-16-10-23(11-17-26)20-28(4)5/h8-19,21H,6-7,20H2,1-5H3. The summed E-state index contributed by atoms with van der Waals surface area (Å²) in [6.45, 7) is 7.69. The van der Waals surface area contributed by atoms with Gasteiger partial charge in [0.15, 0.2) is 0 Å². The molecule has 0 aliphatic heterocycles. The molecule has 1 atom stereocenters. The molecule has 29 heavy (non-hydrogen) atoms. The van der Waals surface area contributed by atoms with Gasteiger partial charge >= 0.3 is 0 Å². The summed E-state index contributed by atoms with van der Waals surface area (Å²) in [4.78, 5) is 4.54. The van der Waals surface area contributed by atoms with Gasteiger partial charge < -0.3 is 9.80 Å². The molecule has 0 bridgehead atoms. The van der Waals surface area contributed by atoms with Crippen molar-refractivity contribution in [1.29, 1.82) is 0 Å². The van der Waals surface area contributed by atoms with Gasteiger partial charge in [0.05, 0.1) is 0 Å². The summed E-state index contributed by atoms with van der Waals surface area (Å²) in [5.74, 6) is 0.589. The summed E-state index contributed by atoms with van der Waals surface area (Å²) >= 11 is 0. The Morgan fingerprint density at radius 2 is 1.10 bits per heavy atom. The van der Waals surface area contributed by atoms with Crippen molar-refractivity contribution in [3.63, 3.8) is 0 Å². The van der Waals surface area contributed by atoms with Gasteiger partial charge in [-0.2, -0.15) is 0 Å². The van der Waals surface area contributed by atoms with Crippen LogP contribution in [0.2, 0.25) is 0 Å². The highest BCUT2D eigenvalue weighted by molar-refractivity contribution is 5.76. The minimum atomic E-state index is 0.589. The first-order valence-corrected chi connectivity index (χ1v) is 10.7. The van der Waals surface area contributed by atoms with E-state index in [1.165, 1.54) is 33.8 Å². The Kier molecular flexibility index (Phi) is 7.11. The molecule has 0 spiro atoms. The molecule has 0 amide bonds. The summed E-state index contributed by atoms with van der Waals surface area (Å²) in [5, 5.41) is 0. The van der Waals surface area contributed by atoms with E-state index in [-0.39, 0.29) is 0 Å². The maximum atomic E-state index is 2.35. The lowest BCUT2D eigenvalue weighted by Crippen LogP contribution is -2.12. The van der Waals surface area contributed by atoms with Gasteiger partial charge in [-0.3, -0.25) is 0 Å². The van der Waals surface area contributed by atoms with E-state index < -0.39 is 0 Å². The number of benzene rings is 3. The third-order valence-electron chi connectivity index (χ3n) is 5.63. The van der Waals surface area contributed by atoms with E-state index in [9.17, 15) is 0 Å². The predicted molar refractivity (Wildman–Crippen MR) is 127 cm³/mol. The zero-order chi connectivity index (χ0) is 20.8. The molecule has 3 aromatic rings. The van der Waals surface area contributed by atoms with Crippen LogP contribution in [-0.2, 0) is 13.0 Å². The fourth-order valence-corrected chi connectivity index (χ4v) is 3.63. The summed E-state index contributed by atoms with van der Waals surface area (Å²) in [6.07, 6.45) is 2.22. The molecule has 0 saturated heterocycles. The Hall–Kier alpha value is -2.58. The van der Waals surface area contributed by atoms with Crippen molar-refractivity contribution in [3.05, 3.63) is 89.5 Å². The van der Waals surface area contributed by atoms with Gasteiger partial charge in [0.25, 0.3) is 0 Å². The smallest absolute Gasteiger partial charge is 0.0461 e. The van der Waals surface area contributed by atoms with Crippen LogP contribution in [0.5, 0.6) is 0 Å². The minimum absolute atomic E-state index is 0.589. The zero-order valence-electron chi connectivity index (χ0n) is 18.5. The molecule has 0 saturated carbocycles. The Bertz CT molecular complexity index is 877. The summed E-state index contributed by atoms with van der Waals surface area (Å²) < 4.78 is 0. The largest absolute Gasteiger partial charge is 0.311 e. The molecule has 0 N–H and O–H groups in total. The van der Waals surface area contributed by atoms with Crippen LogP contribution in [0, 0.1) is 0 Å². The second-order valence-electron chi connectivity index (χ2n) is 8.16. The van der Waals surface area contributed by atoms with E-state index in [1.54, 1.807) is 0 Å². The highest BCUT2D eigenvalue weighted by atomic mass is 15.1. The van der Waals surface area contributed by atoms with Crippen molar-refractivity contribution in [3.8, 4) is 0 Å². The highest BCUT2D eigenvalue weighted by Gasteiger charge is 2.13. The average molecular weight is 387 g/mol. The molecular formula is C27H34N2. The number of hydrogen-bond acceptors (Lipinski definition) is 2. The number of hydrogen-bond donors (Lipinski definition) is 0. The Morgan fingerprint density at radius 1 is 0.655 bits per heavy atom. The lowest BCUT2D eigenvalue weighted by Gasteiger charge is -2.26. The van der Waals surface area contributed by atoms with Crippen LogP contribution in [0.15, 0.2) is 72.8 Å². The first-order chi connectivity index (χ1) is 14.0. The van der Waals surface area contributed by atoms with Crippen LogP contribution in [0.3, 0.4) is 0 Å². The van der Waals surface area contributed by atoms with Gasteiger partial charge in [-0.05, 0) is 85.9 Å². The Labute approximate surface area is 176 Å². The van der Waals surface area contributed by atoms with Crippen molar-refractivity contribution >= 4 is 17.1 Å². The van der Waals surface area contributed by atoms with Crippen LogP contribution in [-0.4, -0.2) is 19.0 Å². The Morgan fingerprint density at radius 3 is 1.52 bits per heavy atom. The third kappa shape index (κ3) is 5.27. The monoisotopic (exact) mass is 386 g/mol. The summed E-state index contributed by atoms with van der Waals surface area (Å²) in [5.41, 5.74) is 7.67. The molecule has 0 radical (unpaired) electrons. The SMILES string of the molecule is CCc1ccc(N(c2ccc(CN(C)C)cc2)c2ccc(C(C)CC)cc2)cc1. The van der Waals surface area contributed by atoms with Crippen LogP contribution in [0.1, 0.15) is 49.8 Å². The highest BCUT2D eigenvalue weighted by Crippen LogP contribution is 2.35. The maximum Gasteiger partial charge on any atom is 0.0461 e. The molecule has 2 heteroatoms. The third-order valence-corrected chi connectivity index (χ3v) is 5.63. The maximum absolute atomic E-state index is 2.35. The predicted octanol–water partition coefficient (Wildman–Crippen LogP) is 7.29. The first kappa shape index (κ1) is 21.1. The topological polar surface area (TPSA) is 6.48 Å². The fourth-order valence-electron chi connectivity index (χ4n) is 3.63. The lowest BCUT2D eigenvalue weighted by molar-refractivity contribution is 0.402. The molecule has 152 valence electrons. The van der Waals surface area contributed by atoms with E-state index in [4.69, 9.17) is 0 Å². The number of aryl methyl sites for hydroxylation is 1. The normalized spacial score (nSPS) is 12.2. The van der Waals surface area contributed by atoms with E-state index >= 15 is 0 Å². The molecule has 0 heterocycles. The van der Waals surface area contributed by atoms with Gasteiger partial charge in [0.1, 0.15) is 0 Å².